The lowest BCUT2D eigenvalue weighted by Gasteiger charge is -2.33. The third-order valence-electron chi connectivity index (χ3n) is 8.31. The van der Waals surface area contributed by atoms with Crippen molar-refractivity contribution in [3.63, 3.8) is 0 Å². The van der Waals surface area contributed by atoms with Crippen molar-refractivity contribution in [2.75, 3.05) is 20.6 Å². The summed E-state index contributed by atoms with van der Waals surface area (Å²) in [5, 5.41) is 24.8. The highest BCUT2D eigenvalue weighted by Crippen LogP contribution is 2.16. The van der Waals surface area contributed by atoms with Gasteiger partial charge in [0.05, 0.1) is 12.3 Å². The Hall–Kier alpha value is -5.48. The smallest absolute Gasteiger partial charge is 0.321 e. The molecule has 7 amide bonds. The van der Waals surface area contributed by atoms with Crippen LogP contribution in [0.5, 0.6) is 0 Å². The number of carboxylic acids is 1. The van der Waals surface area contributed by atoms with Crippen molar-refractivity contribution >= 4 is 47.5 Å². The molecule has 0 spiro atoms. The molecule has 0 aromatic heterocycles. The molecule has 3 unspecified atom stereocenters. The van der Waals surface area contributed by atoms with Crippen molar-refractivity contribution in [3.8, 4) is 0 Å². The second kappa shape index (κ2) is 20.9. The monoisotopic (exact) mass is 713 g/mol. The largest absolute Gasteiger partial charge is 0.481 e. The lowest BCUT2D eigenvalue weighted by Crippen LogP contribution is -2.60. The number of hydrogen-bond acceptors (Lipinski definition) is 8. The number of guanidine groups is 1. The van der Waals surface area contributed by atoms with Gasteiger partial charge in [0.2, 0.25) is 29.5 Å². The Labute approximate surface area is 297 Å². The number of amides is 7. The number of likely N-dealkylation sites (N-methyl/N-ethyl adjacent to an activating group) is 1. The summed E-state index contributed by atoms with van der Waals surface area (Å²) < 4.78 is 0. The van der Waals surface area contributed by atoms with Gasteiger partial charge in [-0.05, 0) is 38.2 Å². The van der Waals surface area contributed by atoms with E-state index in [2.05, 4.69) is 36.9 Å². The number of urea groups is 1. The number of rotatable bonds is 11. The van der Waals surface area contributed by atoms with Crippen LogP contribution in [0.1, 0.15) is 58.4 Å². The van der Waals surface area contributed by atoms with Crippen LogP contribution >= 0.6 is 0 Å². The van der Waals surface area contributed by atoms with Gasteiger partial charge in [-0.2, -0.15) is 0 Å². The number of carbonyl (C=O) groups is 7. The fraction of sp³-hybridized carbons (Fsp3) is 0.529. The van der Waals surface area contributed by atoms with Gasteiger partial charge in [-0.15, -0.1) is 0 Å². The van der Waals surface area contributed by atoms with Gasteiger partial charge in [-0.25, -0.2) is 4.79 Å². The third-order valence-corrected chi connectivity index (χ3v) is 8.31. The summed E-state index contributed by atoms with van der Waals surface area (Å²) >= 11 is 0. The average molecular weight is 714 g/mol. The van der Waals surface area contributed by atoms with Gasteiger partial charge in [0.15, 0.2) is 5.96 Å². The maximum Gasteiger partial charge on any atom is 0.321 e. The Bertz CT molecular complexity index is 1450. The molecule has 17 nitrogen and oxygen atoms in total. The molecule has 2 rings (SSSR count). The minimum absolute atomic E-state index is 0.00989. The Morgan fingerprint density at radius 3 is 2.24 bits per heavy atom. The molecule has 1 aromatic rings. The van der Waals surface area contributed by atoms with E-state index in [1.54, 1.807) is 37.3 Å². The van der Waals surface area contributed by atoms with Gasteiger partial charge in [-0.3, -0.25) is 39.1 Å². The summed E-state index contributed by atoms with van der Waals surface area (Å²) in [4.78, 5) is 97.0. The van der Waals surface area contributed by atoms with E-state index >= 15 is 0 Å². The van der Waals surface area contributed by atoms with Crippen LogP contribution in [0.2, 0.25) is 0 Å². The molecule has 1 fully saturated rings. The molecule has 1 heterocycles. The average Bonchev–Trinajstić information content (AvgIpc) is 3.09. The minimum atomic E-state index is -1.58. The zero-order valence-corrected chi connectivity index (χ0v) is 29.7. The van der Waals surface area contributed by atoms with Crippen LogP contribution in [0, 0.1) is 5.92 Å². The number of nitrogens with two attached hydrogens (primary N) is 1. The summed E-state index contributed by atoms with van der Waals surface area (Å²) in [6.07, 6.45) is 4.13. The molecule has 0 bridgehead atoms. The molecule has 51 heavy (non-hydrogen) atoms. The summed E-state index contributed by atoms with van der Waals surface area (Å²) in [5.74, 6) is -5.95. The Morgan fingerprint density at radius 2 is 1.61 bits per heavy atom. The lowest BCUT2D eigenvalue weighted by atomic mass is 9.95. The Kier molecular flexibility index (Phi) is 17.1. The molecule has 6 atom stereocenters. The number of nitrogens with one attached hydrogen (secondary N) is 6. The van der Waals surface area contributed by atoms with Crippen LogP contribution in [-0.2, 0) is 35.2 Å². The zero-order chi connectivity index (χ0) is 38.1. The van der Waals surface area contributed by atoms with Crippen molar-refractivity contribution in [2.24, 2.45) is 16.6 Å². The van der Waals surface area contributed by atoms with Crippen molar-refractivity contribution in [2.45, 2.75) is 89.5 Å². The third kappa shape index (κ3) is 13.7. The number of carbonyl (C=O) groups excluding carboxylic acids is 6. The zero-order valence-electron chi connectivity index (χ0n) is 29.7. The first-order valence-corrected chi connectivity index (χ1v) is 16.9. The number of aliphatic carboxylic acids is 1. The topological polar surface area (TPSA) is 254 Å². The predicted molar refractivity (Wildman–Crippen MR) is 189 cm³/mol. The van der Waals surface area contributed by atoms with Gasteiger partial charge in [0.1, 0.15) is 24.2 Å². The van der Waals surface area contributed by atoms with E-state index in [-0.39, 0.29) is 38.2 Å². The number of nitrogens with zero attached hydrogens (tertiary/aromatic N) is 2. The second-order valence-corrected chi connectivity index (χ2v) is 12.2. The highest BCUT2D eigenvalue weighted by atomic mass is 16.4. The van der Waals surface area contributed by atoms with Crippen LogP contribution in [0.4, 0.5) is 4.79 Å². The number of hydrogen-bond donors (Lipinski definition) is 8. The summed E-state index contributed by atoms with van der Waals surface area (Å²) in [6.45, 7) is 5.01. The first kappa shape index (κ1) is 41.7. The number of aliphatic imine (C=N–C) groups is 1. The maximum atomic E-state index is 14.2. The number of carboxylic acid groups (broad SMARTS) is 1. The van der Waals surface area contributed by atoms with E-state index in [1.165, 1.54) is 21.0 Å². The van der Waals surface area contributed by atoms with Crippen LogP contribution in [0.15, 0.2) is 47.5 Å². The molecular weight excluding hydrogens is 662 g/mol. The molecule has 1 aliphatic rings. The van der Waals surface area contributed by atoms with Crippen molar-refractivity contribution in [1.82, 2.24) is 36.8 Å². The first-order chi connectivity index (χ1) is 24.2. The van der Waals surface area contributed by atoms with Crippen molar-refractivity contribution in [1.29, 1.82) is 0 Å². The molecule has 0 aliphatic carbocycles. The van der Waals surface area contributed by atoms with E-state index in [9.17, 15) is 38.7 Å². The normalized spacial score (nSPS) is 24.3. The van der Waals surface area contributed by atoms with Crippen LogP contribution in [0.3, 0.4) is 0 Å². The summed E-state index contributed by atoms with van der Waals surface area (Å²) in [6, 6.07) is 2.30. The fourth-order valence-corrected chi connectivity index (χ4v) is 5.24. The van der Waals surface area contributed by atoms with Crippen LogP contribution < -0.4 is 37.6 Å². The fourth-order valence-electron chi connectivity index (χ4n) is 5.24. The molecular formula is C34H51N9O8. The van der Waals surface area contributed by atoms with Gasteiger partial charge in [0, 0.05) is 33.1 Å². The van der Waals surface area contributed by atoms with Crippen molar-refractivity contribution in [3.05, 3.63) is 48.0 Å². The maximum absolute atomic E-state index is 14.2. The number of allylic oxidation sites excluding steroid dienone is 1. The summed E-state index contributed by atoms with van der Waals surface area (Å²) in [7, 11) is 2.80. The van der Waals surface area contributed by atoms with E-state index in [0.29, 0.717) is 12.0 Å². The van der Waals surface area contributed by atoms with Crippen LogP contribution in [-0.4, -0.2) is 108 Å². The van der Waals surface area contributed by atoms with E-state index in [0.717, 1.165) is 4.90 Å². The Morgan fingerprint density at radius 1 is 0.941 bits per heavy atom. The Balaban J connectivity index is 2.59. The van der Waals surface area contributed by atoms with Gasteiger partial charge < -0.3 is 42.3 Å². The SMILES string of the molecule is CC/C=C/CC1NC(=O)[C@H](C)NC(=O)C(CC(=O)O)NC(=O)[C@H](Cc2ccccc2)N(C)C(=O)[C@H](CCCN=C(N)NC(=O)NC)NC(=O)C1C. The van der Waals surface area contributed by atoms with Gasteiger partial charge in [-0.1, -0.05) is 56.3 Å². The first-order valence-electron chi connectivity index (χ1n) is 16.9. The molecule has 0 radical (unpaired) electrons. The van der Waals surface area contributed by atoms with Gasteiger partial charge >= 0.3 is 12.0 Å². The summed E-state index contributed by atoms with van der Waals surface area (Å²) in [5.41, 5.74) is 6.42. The molecule has 280 valence electrons. The molecule has 9 N–H and O–H groups in total. The van der Waals surface area contributed by atoms with Crippen molar-refractivity contribution < 1.29 is 38.7 Å². The highest BCUT2D eigenvalue weighted by molar-refractivity contribution is 5.97. The molecule has 1 saturated heterocycles. The second-order valence-electron chi connectivity index (χ2n) is 12.2. The molecule has 1 aliphatic heterocycles. The van der Waals surface area contributed by atoms with E-state index in [4.69, 9.17) is 5.73 Å². The molecule has 0 saturated carbocycles. The molecule has 1 aromatic carbocycles. The lowest BCUT2D eigenvalue weighted by molar-refractivity contribution is -0.145. The van der Waals surface area contributed by atoms with Gasteiger partial charge in [0.25, 0.3) is 0 Å². The highest BCUT2D eigenvalue weighted by Gasteiger charge is 2.37. The number of benzene rings is 1. The van der Waals surface area contributed by atoms with E-state index < -0.39 is 84.1 Å². The standard InChI is InChI=1S/C34H51N9O8/c1-6-7-9-15-23-20(2)28(46)40-24(16-12-17-37-33(35)42-34(51)36-4)32(50)43(5)26(18-22-13-10-8-11-14-22)31(49)41-25(19-27(44)45)30(48)38-21(3)29(47)39-23/h7-11,13-14,20-21,23-26H,6,12,15-19H2,1-5H3,(H,38,48)(H,39,47)(H,40,46)(H,41,49)(H,44,45)(H4,35,36,37,42,51)/b9-7+/t20?,21-,23?,24-,25?,26-/m0/s1. The quantitative estimate of drug-likeness (QED) is 0.0637. The van der Waals surface area contributed by atoms with Crippen LogP contribution in [0.25, 0.3) is 0 Å². The minimum Gasteiger partial charge on any atom is -0.481 e. The molecule has 17 heteroatoms. The van der Waals surface area contributed by atoms with E-state index in [1.807, 2.05) is 19.1 Å². The predicted octanol–water partition coefficient (Wildman–Crippen LogP) is -0.480.